The first-order valence-corrected chi connectivity index (χ1v) is 18.1. The molecular weight excluding hydrogens is 629 g/mol. The van der Waals surface area contributed by atoms with E-state index < -0.39 is 0 Å². The fourth-order valence-corrected chi connectivity index (χ4v) is 8.34. The van der Waals surface area contributed by atoms with E-state index in [1.807, 2.05) is 0 Å². The van der Waals surface area contributed by atoms with Crippen molar-refractivity contribution in [2.24, 2.45) is 0 Å². The molecule has 52 heavy (non-hydrogen) atoms. The molecule has 1 aliphatic rings. The summed E-state index contributed by atoms with van der Waals surface area (Å²) >= 11 is 0. The molecule has 1 heterocycles. The Morgan fingerprint density at radius 1 is 0.519 bits per heavy atom. The molecule has 1 aliphatic carbocycles. The van der Waals surface area contributed by atoms with Gasteiger partial charge < -0.3 is 9.47 Å². The average Bonchev–Trinajstić information content (AvgIpc) is 3.56. The van der Waals surface area contributed by atoms with Crippen LogP contribution in [0, 0.1) is 0 Å². The van der Waals surface area contributed by atoms with Gasteiger partial charge in [0.1, 0.15) is 0 Å². The van der Waals surface area contributed by atoms with Gasteiger partial charge in [-0.05, 0) is 87.6 Å². The Morgan fingerprint density at radius 3 is 2.10 bits per heavy atom. The standard InChI is InChI=1S/C50H36N2/c1-3-15-35(16-4-1)44-23-9-11-26-47(44)51(41-31-32-43-38(34-41)30-29-36-17-7-8-22-42(36)43)40-21-13-18-37(33-40)45-25-14-28-49-50(45)46-24-10-12-27-48(46)52(49)39-19-5-2-6-20-39/h1-17,19-34,37H,18H2. The molecule has 0 fully saturated rings. The molecule has 1 unspecified atom stereocenters. The molecule has 9 aromatic rings. The van der Waals surface area contributed by atoms with E-state index in [-0.39, 0.29) is 5.92 Å². The summed E-state index contributed by atoms with van der Waals surface area (Å²) in [5, 5.41) is 7.65. The van der Waals surface area contributed by atoms with Gasteiger partial charge >= 0.3 is 0 Å². The predicted octanol–water partition coefficient (Wildman–Crippen LogP) is 13.5. The Balaban J connectivity index is 1.18. The van der Waals surface area contributed by atoms with Crippen LogP contribution >= 0.6 is 0 Å². The summed E-state index contributed by atoms with van der Waals surface area (Å²) in [6, 6.07) is 66.1. The van der Waals surface area contributed by atoms with Gasteiger partial charge in [0.25, 0.3) is 0 Å². The molecule has 0 aliphatic heterocycles. The highest BCUT2D eigenvalue weighted by atomic mass is 15.1. The normalized spacial score (nSPS) is 14.3. The fourth-order valence-electron chi connectivity index (χ4n) is 8.34. The summed E-state index contributed by atoms with van der Waals surface area (Å²) in [5.41, 5.74) is 10.9. The molecule has 246 valence electrons. The van der Waals surface area contributed by atoms with Gasteiger partial charge in [-0.2, -0.15) is 0 Å². The number of aromatic nitrogens is 1. The Morgan fingerprint density at radius 2 is 1.21 bits per heavy atom. The SMILES string of the molecule is C1=CC(N(c2ccc3c(ccc4ccccc43)c2)c2ccccc2-c2ccccc2)=CC(c2cccc3c2c2ccccc2n3-c2ccccc2)C1. The molecular formula is C50H36N2. The summed E-state index contributed by atoms with van der Waals surface area (Å²) in [6.45, 7) is 0. The Labute approximate surface area is 303 Å². The molecule has 10 rings (SSSR count). The van der Waals surface area contributed by atoms with E-state index in [9.17, 15) is 0 Å². The lowest BCUT2D eigenvalue weighted by molar-refractivity contribution is 0.845. The summed E-state index contributed by atoms with van der Waals surface area (Å²) in [6.07, 6.45) is 8.11. The Hall–Kier alpha value is -6.64. The molecule has 0 amide bonds. The van der Waals surface area contributed by atoms with Crippen molar-refractivity contribution in [1.82, 2.24) is 4.57 Å². The van der Waals surface area contributed by atoms with E-state index in [0.717, 1.165) is 17.8 Å². The van der Waals surface area contributed by atoms with Crippen LogP contribution in [0.4, 0.5) is 11.4 Å². The van der Waals surface area contributed by atoms with Crippen LogP contribution in [0.15, 0.2) is 206 Å². The molecule has 1 aromatic heterocycles. The molecule has 0 spiro atoms. The van der Waals surface area contributed by atoms with Crippen molar-refractivity contribution in [2.75, 3.05) is 4.90 Å². The minimum Gasteiger partial charge on any atom is -0.310 e. The highest BCUT2D eigenvalue weighted by Crippen LogP contribution is 2.44. The molecule has 0 saturated carbocycles. The number of allylic oxidation sites excluding steroid dienone is 3. The van der Waals surface area contributed by atoms with E-state index in [1.54, 1.807) is 0 Å². The number of hydrogen-bond donors (Lipinski definition) is 0. The zero-order chi connectivity index (χ0) is 34.4. The predicted molar refractivity (Wildman–Crippen MR) is 221 cm³/mol. The minimum absolute atomic E-state index is 0.189. The lowest BCUT2D eigenvalue weighted by Gasteiger charge is -2.31. The number of fused-ring (bicyclic) bond motifs is 6. The second kappa shape index (κ2) is 12.6. The van der Waals surface area contributed by atoms with Crippen LogP contribution in [0.1, 0.15) is 17.9 Å². The van der Waals surface area contributed by atoms with Crippen LogP contribution in [0.25, 0.3) is 60.2 Å². The maximum absolute atomic E-state index is 2.50. The largest absolute Gasteiger partial charge is 0.310 e. The molecule has 0 bridgehead atoms. The maximum atomic E-state index is 2.50. The zero-order valence-corrected chi connectivity index (χ0v) is 28.7. The second-order valence-corrected chi connectivity index (χ2v) is 13.7. The van der Waals surface area contributed by atoms with Crippen LogP contribution in [0.2, 0.25) is 0 Å². The molecule has 0 N–H and O–H groups in total. The number of nitrogens with zero attached hydrogens (tertiary/aromatic N) is 2. The molecule has 2 heteroatoms. The summed E-state index contributed by atoms with van der Waals surface area (Å²) < 4.78 is 2.42. The van der Waals surface area contributed by atoms with E-state index in [2.05, 4.69) is 210 Å². The Bertz CT molecular complexity index is 2820. The van der Waals surface area contributed by atoms with Gasteiger partial charge in [0.2, 0.25) is 0 Å². The molecule has 1 atom stereocenters. The lowest BCUT2D eigenvalue weighted by Crippen LogP contribution is -2.18. The number of anilines is 2. The number of benzene rings is 8. The number of hydrogen-bond acceptors (Lipinski definition) is 1. The highest BCUT2D eigenvalue weighted by Gasteiger charge is 2.24. The van der Waals surface area contributed by atoms with Crippen LogP contribution < -0.4 is 4.90 Å². The van der Waals surface area contributed by atoms with Gasteiger partial charge in [0.15, 0.2) is 0 Å². The van der Waals surface area contributed by atoms with Gasteiger partial charge in [-0.15, -0.1) is 0 Å². The molecule has 0 saturated heterocycles. The van der Waals surface area contributed by atoms with Crippen LogP contribution in [0.3, 0.4) is 0 Å². The summed E-state index contributed by atoms with van der Waals surface area (Å²) in [4.78, 5) is 2.47. The molecule has 0 radical (unpaired) electrons. The highest BCUT2D eigenvalue weighted by molar-refractivity contribution is 6.11. The van der Waals surface area contributed by atoms with Gasteiger partial charge in [-0.25, -0.2) is 0 Å². The third-order valence-electron chi connectivity index (χ3n) is 10.7. The monoisotopic (exact) mass is 664 g/mol. The van der Waals surface area contributed by atoms with Crippen LogP contribution in [-0.4, -0.2) is 4.57 Å². The van der Waals surface area contributed by atoms with Crippen molar-refractivity contribution in [3.05, 3.63) is 211 Å². The first-order valence-electron chi connectivity index (χ1n) is 18.1. The third-order valence-corrected chi connectivity index (χ3v) is 10.7. The van der Waals surface area contributed by atoms with E-state index in [0.29, 0.717) is 0 Å². The summed E-state index contributed by atoms with van der Waals surface area (Å²) in [5.74, 6) is 0.189. The van der Waals surface area contributed by atoms with Crippen molar-refractivity contribution in [3.63, 3.8) is 0 Å². The lowest BCUT2D eigenvalue weighted by atomic mass is 9.88. The fraction of sp³-hybridized carbons (Fsp3) is 0.0400. The summed E-state index contributed by atoms with van der Waals surface area (Å²) in [7, 11) is 0. The van der Waals surface area contributed by atoms with Crippen molar-refractivity contribution in [3.8, 4) is 16.8 Å². The first kappa shape index (κ1) is 30.2. The van der Waals surface area contributed by atoms with Gasteiger partial charge in [0, 0.05) is 39.3 Å². The molecule has 2 nitrogen and oxygen atoms in total. The van der Waals surface area contributed by atoms with E-state index in [4.69, 9.17) is 0 Å². The van der Waals surface area contributed by atoms with Gasteiger partial charge in [0.05, 0.1) is 16.7 Å². The van der Waals surface area contributed by atoms with Crippen LogP contribution in [0.5, 0.6) is 0 Å². The average molecular weight is 665 g/mol. The Kier molecular flexibility index (Phi) is 7.32. The topological polar surface area (TPSA) is 8.17 Å². The van der Waals surface area contributed by atoms with Crippen molar-refractivity contribution in [1.29, 1.82) is 0 Å². The van der Waals surface area contributed by atoms with Crippen molar-refractivity contribution < 1.29 is 0 Å². The molecule has 8 aromatic carbocycles. The zero-order valence-electron chi connectivity index (χ0n) is 28.7. The maximum Gasteiger partial charge on any atom is 0.0544 e. The number of para-hydroxylation sites is 3. The second-order valence-electron chi connectivity index (χ2n) is 13.7. The smallest absolute Gasteiger partial charge is 0.0544 e. The van der Waals surface area contributed by atoms with Gasteiger partial charge in [-0.1, -0.05) is 152 Å². The van der Waals surface area contributed by atoms with Gasteiger partial charge in [-0.3, -0.25) is 0 Å². The number of rotatable bonds is 6. The first-order chi connectivity index (χ1) is 25.8. The van der Waals surface area contributed by atoms with Crippen molar-refractivity contribution >= 4 is 54.7 Å². The minimum atomic E-state index is 0.189. The quantitative estimate of drug-likeness (QED) is 0.161. The van der Waals surface area contributed by atoms with E-state index >= 15 is 0 Å². The van der Waals surface area contributed by atoms with Crippen LogP contribution in [-0.2, 0) is 0 Å². The van der Waals surface area contributed by atoms with E-state index in [1.165, 1.54) is 71.4 Å². The van der Waals surface area contributed by atoms with Crippen molar-refractivity contribution in [2.45, 2.75) is 12.3 Å². The third kappa shape index (κ3) is 5.03.